The normalized spacial score (nSPS) is 11.3. The Bertz CT molecular complexity index is 1090. The molecule has 1 aromatic heterocycles. The molecule has 0 saturated heterocycles. The smallest absolute Gasteiger partial charge is 0.233 e. The number of fused-ring (bicyclic) bond motifs is 1. The summed E-state index contributed by atoms with van der Waals surface area (Å²) in [5.41, 5.74) is 0.749. The van der Waals surface area contributed by atoms with E-state index in [0.29, 0.717) is 33.4 Å². The first kappa shape index (κ1) is 24.3. The molecule has 3 rings (SSSR count). The van der Waals surface area contributed by atoms with Crippen LogP contribution in [0.2, 0.25) is 0 Å². The molecule has 3 aromatic rings. The van der Waals surface area contributed by atoms with Crippen molar-refractivity contribution in [3.8, 4) is 5.75 Å². The van der Waals surface area contributed by atoms with E-state index in [2.05, 4.69) is 50.5 Å². The summed E-state index contributed by atoms with van der Waals surface area (Å²) in [5.74, 6) is 0.543. The van der Waals surface area contributed by atoms with Crippen LogP contribution in [-0.2, 0) is 9.37 Å². The lowest BCUT2D eigenvalue weighted by Crippen LogP contribution is -2.14. The van der Waals surface area contributed by atoms with Crippen molar-refractivity contribution in [1.29, 1.82) is 0 Å². The zero-order valence-electron chi connectivity index (χ0n) is 17.4. The van der Waals surface area contributed by atoms with Gasteiger partial charge >= 0.3 is 0 Å². The summed E-state index contributed by atoms with van der Waals surface area (Å²) in [4.78, 5) is 13.1. The first-order valence-corrected chi connectivity index (χ1v) is 10.3. The Hall–Kier alpha value is -3.34. The third-order valence-electron chi connectivity index (χ3n) is 4.09. The van der Waals surface area contributed by atoms with Crippen LogP contribution in [0.1, 0.15) is 0 Å². The number of benzene rings is 2. The number of aliphatic hydroxyl groups is 2. The van der Waals surface area contributed by atoms with Gasteiger partial charge in [-0.1, -0.05) is 5.04 Å². The quantitative estimate of drug-likeness (QED) is 0.0867. The molecule has 176 valence electrons. The highest BCUT2D eigenvalue weighted by molar-refractivity contribution is 7.94. The monoisotopic (exact) mass is 478 g/mol. The lowest BCUT2D eigenvalue weighted by molar-refractivity contribution is -0.432. The second-order valence-corrected chi connectivity index (χ2v) is 7.01. The average Bonchev–Trinajstić information content (AvgIpc) is 2.82. The highest BCUT2D eigenvalue weighted by Crippen LogP contribution is 2.44. The van der Waals surface area contributed by atoms with Gasteiger partial charge in [-0.25, -0.2) is 5.26 Å². The lowest BCUT2D eigenvalue weighted by Gasteiger charge is -2.12. The molecular weight excluding hydrogens is 456 g/mol. The van der Waals surface area contributed by atoms with E-state index in [4.69, 9.17) is 15.5 Å². The van der Waals surface area contributed by atoms with Crippen LogP contribution in [0.25, 0.3) is 10.8 Å². The van der Waals surface area contributed by atoms with Crippen molar-refractivity contribution in [2.45, 2.75) is 4.90 Å². The van der Waals surface area contributed by atoms with Gasteiger partial charge in [0, 0.05) is 31.2 Å². The van der Waals surface area contributed by atoms with E-state index >= 15 is 0 Å². The molecule has 7 N–H and O–H groups in total. The second-order valence-electron chi connectivity index (χ2n) is 6.27. The number of hydrogen-bond donors (Lipinski definition) is 7. The van der Waals surface area contributed by atoms with Gasteiger partial charge in [0.2, 0.25) is 17.8 Å². The van der Waals surface area contributed by atoms with Crippen LogP contribution in [-0.4, -0.2) is 68.9 Å². The van der Waals surface area contributed by atoms with Gasteiger partial charge in [0.05, 0.1) is 30.2 Å². The van der Waals surface area contributed by atoms with E-state index in [0.717, 1.165) is 0 Å². The zero-order chi connectivity index (χ0) is 23.6. The Morgan fingerprint density at radius 1 is 1.00 bits per heavy atom. The average molecular weight is 478 g/mol. The van der Waals surface area contributed by atoms with Crippen molar-refractivity contribution < 1.29 is 29.9 Å². The number of aromatic nitrogens is 3. The summed E-state index contributed by atoms with van der Waals surface area (Å²) >= 11 is 0.648. The molecule has 0 saturated carbocycles. The number of aromatic hydroxyl groups is 1. The maximum atomic E-state index is 10.6. The minimum Gasteiger partial charge on any atom is -0.505 e. The Morgan fingerprint density at radius 3 is 2.27 bits per heavy atom. The van der Waals surface area contributed by atoms with E-state index in [9.17, 15) is 5.11 Å². The largest absolute Gasteiger partial charge is 0.505 e. The van der Waals surface area contributed by atoms with Crippen LogP contribution >= 0.6 is 12.0 Å². The topological polar surface area (TPSA) is 199 Å². The van der Waals surface area contributed by atoms with Crippen molar-refractivity contribution in [1.82, 2.24) is 15.0 Å². The fraction of sp³-hybridized carbons (Fsp3) is 0.278. The third kappa shape index (κ3) is 6.35. The SMILES string of the molecule is CN=Nc1c(SOOO)cc2cc(Nc3nc(NCCO)nc(NCCO)n3)ccc2c1O. The summed E-state index contributed by atoms with van der Waals surface area (Å²) in [6.07, 6.45) is 0. The fourth-order valence-electron chi connectivity index (χ4n) is 2.80. The molecule has 2 aromatic carbocycles. The van der Waals surface area contributed by atoms with Gasteiger partial charge < -0.3 is 31.3 Å². The molecule has 0 fully saturated rings. The number of nitrogens with one attached hydrogen (secondary N) is 3. The zero-order valence-corrected chi connectivity index (χ0v) is 18.2. The number of phenols is 1. The molecule has 0 aliphatic heterocycles. The summed E-state index contributed by atoms with van der Waals surface area (Å²) < 4.78 is 4.49. The van der Waals surface area contributed by atoms with Gasteiger partial charge in [-0.15, -0.1) is 4.33 Å². The van der Waals surface area contributed by atoms with Crippen molar-refractivity contribution >= 4 is 52.0 Å². The summed E-state index contributed by atoms with van der Waals surface area (Å²) in [5, 5.41) is 58.3. The summed E-state index contributed by atoms with van der Waals surface area (Å²) in [6.45, 7) is 0.283. The van der Waals surface area contributed by atoms with Gasteiger partial charge in [0.25, 0.3) is 0 Å². The van der Waals surface area contributed by atoms with Crippen molar-refractivity contribution in [3.05, 3.63) is 24.3 Å². The number of nitrogens with zero attached hydrogens (tertiary/aromatic N) is 5. The molecule has 0 amide bonds. The number of phenolic OH excluding ortho intramolecular Hbond substituents is 1. The van der Waals surface area contributed by atoms with Gasteiger partial charge in [-0.05, 0) is 29.7 Å². The van der Waals surface area contributed by atoms with Crippen LogP contribution < -0.4 is 16.0 Å². The van der Waals surface area contributed by atoms with Gasteiger partial charge in [0.15, 0.2) is 5.75 Å². The van der Waals surface area contributed by atoms with Gasteiger partial charge in [-0.2, -0.15) is 25.2 Å². The molecule has 0 aliphatic rings. The highest BCUT2D eigenvalue weighted by Gasteiger charge is 2.16. The number of azo groups is 1. The van der Waals surface area contributed by atoms with E-state index in [1.807, 2.05) is 0 Å². The molecule has 0 atom stereocenters. The van der Waals surface area contributed by atoms with Crippen molar-refractivity contribution in [2.24, 2.45) is 10.2 Å². The molecule has 15 heteroatoms. The van der Waals surface area contributed by atoms with Crippen LogP contribution in [0.3, 0.4) is 0 Å². The maximum absolute atomic E-state index is 10.6. The Labute approximate surface area is 191 Å². The summed E-state index contributed by atoms with van der Waals surface area (Å²) in [6, 6.07) is 6.79. The van der Waals surface area contributed by atoms with Crippen LogP contribution in [0.4, 0.5) is 29.2 Å². The van der Waals surface area contributed by atoms with Crippen LogP contribution in [0.15, 0.2) is 39.4 Å². The number of aliphatic hydroxyl groups excluding tert-OH is 2. The first-order valence-electron chi connectivity index (χ1n) is 9.56. The van der Waals surface area contributed by atoms with E-state index in [-0.39, 0.29) is 55.6 Å². The van der Waals surface area contributed by atoms with Crippen LogP contribution in [0.5, 0.6) is 5.75 Å². The molecule has 0 unspecified atom stereocenters. The van der Waals surface area contributed by atoms with E-state index in [1.54, 1.807) is 24.3 Å². The lowest BCUT2D eigenvalue weighted by atomic mass is 10.1. The predicted octanol–water partition coefficient (Wildman–Crippen LogP) is 2.42. The number of anilines is 4. The molecule has 0 spiro atoms. The minimum absolute atomic E-state index is 0.104. The molecule has 0 bridgehead atoms. The van der Waals surface area contributed by atoms with Gasteiger partial charge in [0.1, 0.15) is 5.69 Å². The maximum Gasteiger partial charge on any atom is 0.233 e. The molecular formula is C18H22N8O6S. The Morgan fingerprint density at radius 2 is 1.67 bits per heavy atom. The van der Waals surface area contributed by atoms with Crippen LogP contribution in [0, 0.1) is 0 Å². The summed E-state index contributed by atoms with van der Waals surface area (Å²) in [7, 11) is 1.45. The minimum atomic E-state index is -0.125. The molecule has 14 nitrogen and oxygen atoms in total. The highest BCUT2D eigenvalue weighted by atomic mass is 32.2. The number of hydrogen-bond acceptors (Lipinski definition) is 15. The van der Waals surface area contributed by atoms with Crippen molar-refractivity contribution in [2.75, 3.05) is 49.3 Å². The van der Waals surface area contributed by atoms with Gasteiger partial charge in [-0.3, -0.25) is 0 Å². The standard InChI is InChI=1S/C18H22N8O6S/c1-19-26-14-13(33-32-31-30)9-10-8-11(2-3-12(10)15(14)29)22-18-24-16(20-4-6-27)23-17(25-18)21-5-7-28/h2-3,8-9,27-30H,4-7H2,1H3,(H3,20,21,22,23,24,25). The number of rotatable bonds is 12. The van der Waals surface area contributed by atoms with E-state index < -0.39 is 0 Å². The molecule has 0 radical (unpaired) electrons. The van der Waals surface area contributed by atoms with E-state index in [1.165, 1.54) is 7.05 Å². The second kappa shape index (κ2) is 12.0. The third-order valence-corrected chi connectivity index (χ3v) is 4.71. The fourth-order valence-corrected chi connectivity index (χ4v) is 3.29. The Balaban J connectivity index is 1.96. The Kier molecular flexibility index (Phi) is 8.87. The molecule has 33 heavy (non-hydrogen) atoms. The van der Waals surface area contributed by atoms with Crippen molar-refractivity contribution in [3.63, 3.8) is 0 Å². The predicted molar refractivity (Wildman–Crippen MR) is 121 cm³/mol. The molecule has 0 aliphatic carbocycles. The first-order chi connectivity index (χ1) is 16.1. The molecule has 1 heterocycles.